The van der Waals surface area contributed by atoms with Crippen molar-refractivity contribution in [2.24, 2.45) is 0 Å². The summed E-state index contributed by atoms with van der Waals surface area (Å²) in [5.74, 6) is 1.19. The van der Waals surface area contributed by atoms with E-state index in [1.165, 1.54) is 0 Å². The van der Waals surface area contributed by atoms with Gasteiger partial charge in [-0.15, -0.1) is 6.58 Å². The highest BCUT2D eigenvalue weighted by atomic mass is 35.5. The van der Waals surface area contributed by atoms with E-state index in [0.717, 1.165) is 5.56 Å². The monoisotopic (exact) mass is 397 g/mol. The molecule has 2 aromatic carbocycles. The van der Waals surface area contributed by atoms with Crippen molar-refractivity contribution in [1.82, 2.24) is 15.0 Å². The standard InChI is InChI=1S/C21H20ClN3O3/c1-3-13-25(21(26)15(2)27-18-7-5-4-6-8-18)14-19-23-20(24-28-19)16-9-11-17(22)12-10-16/h3-12,15H,1,13-14H2,2H3/t15-/m0/s1. The predicted molar refractivity (Wildman–Crippen MR) is 107 cm³/mol. The fraction of sp³-hybridized carbons (Fsp3) is 0.190. The molecule has 0 bridgehead atoms. The van der Waals surface area contributed by atoms with E-state index in [2.05, 4.69) is 16.7 Å². The van der Waals surface area contributed by atoms with Gasteiger partial charge in [-0.3, -0.25) is 4.79 Å². The molecule has 0 saturated heterocycles. The van der Waals surface area contributed by atoms with Crippen molar-refractivity contribution in [3.63, 3.8) is 0 Å². The van der Waals surface area contributed by atoms with E-state index in [1.54, 1.807) is 54.3 Å². The summed E-state index contributed by atoms with van der Waals surface area (Å²) < 4.78 is 11.0. The number of aromatic nitrogens is 2. The van der Waals surface area contributed by atoms with Crippen LogP contribution in [0.1, 0.15) is 12.8 Å². The van der Waals surface area contributed by atoms with Crippen molar-refractivity contribution in [3.05, 3.63) is 78.2 Å². The lowest BCUT2D eigenvalue weighted by molar-refractivity contribution is -0.138. The molecule has 0 aliphatic carbocycles. The van der Waals surface area contributed by atoms with Crippen LogP contribution in [0.2, 0.25) is 5.02 Å². The van der Waals surface area contributed by atoms with Gasteiger partial charge < -0.3 is 14.2 Å². The number of para-hydroxylation sites is 1. The van der Waals surface area contributed by atoms with Crippen LogP contribution < -0.4 is 4.74 Å². The van der Waals surface area contributed by atoms with Crippen LogP contribution in [0.3, 0.4) is 0 Å². The summed E-state index contributed by atoms with van der Waals surface area (Å²) in [5.41, 5.74) is 0.779. The van der Waals surface area contributed by atoms with Crippen molar-refractivity contribution in [1.29, 1.82) is 0 Å². The molecule has 28 heavy (non-hydrogen) atoms. The molecule has 0 spiro atoms. The van der Waals surface area contributed by atoms with Crippen LogP contribution in [0.5, 0.6) is 5.75 Å². The Hall–Kier alpha value is -3.12. The van der Waals surface area contributed by atoms with Crippen LogP contribution in [0.4, 0.5) is 0 Å². The summed E-state index contributed by atoms with van der Waals surface area (Å²) >= 11 is 5.90. The van der Waals surface area contributed by atoms with E-state index in [9.17, 15) is 4.79 Å². The van der Waals surface area contributed by atoms with Gasteiger partial charge in [0.25, 0.3) is 5.91 Å². The summed E-state index contributed by atoms with van der Waals surface area (Å²) in [7, 11) is 0. The number of halogens is 1. The molecule has 0 aliphatic heterocycles. The third-order valence-corrected chi connectivity index (χ3v) is 4.21. The Morgan fingerprint density at radius 2 is 1.96 bits per heavy atom. The van der Waals surface area contributed by atoms with Gasteiger partial charge in [0.2, 0.25) is 11.7 Å². The molecule has 144 valence electrons. The number of hydrogen-bond donors (Lipinski definition) is 0. The first-order valence-corrected chi connectivity index (χ1v) is 9.14. The molecule has 1 atom stereocenters. The van der Waals surface area contributed by atoms with Crippen molar-refractivity contribution in [2.75, 3.05) is 6.54 Å². The maximum absolute atomic E-state index is 12.8. The molecule has 1 aromatic heterocycles. The molecule has 3 rings (SSSR count). The largest absolute Gasteiger partial charge is 0.481 e. The Morgan fingerprint density at radius 3 is 2.64 bits per heavy atom. The highest BCUT2D eigenvalue weighted by Crippen LogP contribution is 2.19. The Bertz CT molecular complexity index is 926. The fourth-order valence-electron chi connectivity index (χ4n) is 2.60. The smallest absolute Gasteiger partial charge is 0.264 e. The molecule has 1 heterocycles. The van der Waals surface area contributed by atoms with Crippen molar-refractivity contribution in [3.8, 4) is 17.1 Å². The molecule has 0 fully saturated rings. The molecule has 0 saturated carbocycles. The second-order valence-electron chi connectivity index (χ2n) is 6.10. The van der Waals surface area contributed by atoms with Gasteiger partial charge in [0.1, 0.15) is 12.3 Å². The Kier molecular flexibility index (Phi) is 6.45. The molecule has 6 nitrogen and oxygen atoms in total. The summed E-state index contributed by atoms with van der Waals surface area (Å²) in [6.07, 6.45) is 0.977. The zero-order valence-corrected chi connectivity index (χ0v) is 16.2. The van der Waals surface area contributed by atoms with Crippen molar-refractivity contribution < 1.29 is 14.1 Å². The van der Waals surface area contributed by atoms with Crippen LogP contribution in [-0.4, -0.2) is 33.6 Å². The van der Waals surface area contributed by atoms with Crippen molar-refractivity contribution >= 4 is 17.5 Å². The summed E-state index contributed by atoms with van der Waals surface area (Å²) in [4.78, 5) is 18.7. The number of benzene rings is 2. The normalized spacial score (nSPS) is 11.6. The first-order valence-electron chi connectivity index (χ1n) is 8.76. The highest BCUT2D eigenvalue weighted by Gasteiger charge is 2.23. The first-order chi connectivity index (χ1) is 13.6. The average molecular weight is 398 g/mol. The molecular weight excluding hydrogens is 378 g/mol. The van der Waals surface area contributed by atoms with E-state index in [4.69, 9.17) is 20.9 Å². The zero-order valence-electron chi connectivity index (χ0n) is 15.4. The number of carbonyl (C=O) groups is 1. The summed E-state index contributed by atoms with van der Waals surface area (Å²) in [6.45, 7) is 5.92. The third kappa shape index (κ3) is 4.98. The van der Waals surface area contributed by atoms with Gasteiger partial charge in [0.05, 0.1) is 0 Å². The van der Waals surface area contributed by atoms with Crippen LogP contribution >= 0.6 is 11.6 Å². The number of ether oxygens (including phenoxy) is 1. The topological polar surface area (TPSA) is 68.5 Å². The SMILES string of the molecule is C=CCN(Cc1nc(-c2ccc(Cl)cc2)no1)C(=O)[C@H](C)Oc1ccccc1. The van der Waals surface area contributed by atoms with Gasteiger partial charge in [0.15, 0.2) is 6.10 Å². The molecule has 0 aliphatic rings. The predicted octanol–water partition coefficient (Wildman–Crippen LogP) is 4.37. The number of carbonyl (C=O) groups excluding carboxylic acids is 1. The van der Waals surface area contributed by atoms with Gasteiger partial charge in [-0.25, -0.2) is 0 Å². The van der Waals surface area contributed by atoms with E-state index in [1.807, 2.05) is 18.2 Å². The molecular formula is C21H20ClN3O3. The maximum atomic E-state index is 12.8. The lowest BCUT2D eigenvalue weighted by Crippen LogP contribution is -2.40. The third-order valence-electron chi connectivity index (χ3n) is 3.96. The summed E-state index contributed by atoms with van der Waals surface area (Å²) in [6, 6.07) is 16.3. The van der Waals surface area contributed by atoms with Gasteiger partial charge in [-0.1, -0.05) is 41.0 Å². The van der Waals surface area contributed by atoms with Gasteiger partial charge in [-0.05, 0) is 43.3 Å². The van der Waals surface area contributed by atoms with E-state index >= 15 is 0 Å². The maximum Gasteiger partial charge on any atom is 0.264 e. The molecule has 1 amide bonds. The van der Waals surface area contributed by atoms with Gasteiger partial charge in [-0.2, -0.15) is 4.98 Å². The Morgan fingerprint density at radius 1 is 1.25 bits per heavy atom. The number of rotatable bonds is 8. The van der Waals surface area contributed by atoms with Gasteiger partial charge in [0, 0.05) is 17.1 Å². The van der Waals surface area contributed by atoms with Crippen LogP contribution in [0.15, 0.2) is 71.8 Å². The van der Waals surface area contributed by atoms with E-state index < -0.39 is 6.10 Å². The van der Waals surface area contributed by atoms with E-state index in [-0.39, 0.29) is 12.5 Å². The van der Waals surface area contributed by atoms with E-state index in [0.29, 0.717) is 29.0 Å². The fourth-order valence-corrected chi connectivity index (χ4v) is 2.72. The van der Waals surface area contributed by atoms with Crippen LogP contribution in [-0.2, 0) is 11.3 Å². The van der Waals surface area contributed by atoms with Crippen molar-refractivity contribution in [2.45, 2.75) is 19.6 Å². The average Bonchev–Trinajstić information content (AvgIpc) is 3.17. The number of nitrogens with zero attached hydrogens (tertiary/aromatic N) is 3. The quantitative estimate of drug-likeness (QED) is 0.528. The second kappa shape index (κ2) is 9.19. The summed E-state index contributed by atoms with van der Waals surface area (Å²) in [5, 5.41) is 4.60. The minimum Gasteiger partial charge on any atom is -0.481 e. The zero-order chi connectivity index (χ0) is 19.9. The minimum absolute atomic E-state index is 0.161. The second-order valence-corrected chi connectivity index (χ2v) is 6.54. The number of hydrogen-bond acceptors (Lipinski definition) is 5. The lowest BCUT2D eigenvalue weighted by atomic mass is 10.2. The van der Waals surface area contributed by atoms with Crippen LogP contribution in [0.25, 0.3) is 11.4 Å². The van der Waals surface area contributed by atoms with Crippen LogP contribution in [0, 0.1) is 0 Å². The van der Waals surface area contributed by atoms with Gasteiger partial charge >= 0.3 is 0 Å². The Labute approximate surface area is 168 Å². The Balaban J connectivity index is 1.69. The molecule has 0 unspecified atom stereocenters. The molecule has 3 aromatic rings. The number of amides is 1. The molecule has 0 N–H and O–H groups in total. The minimum atomic E-state index is -0.666. The molecule has 7 heteroatoms. The lowest BCUT2D eigenvalue weighted by Gasteiger charge is -2.23. The highest BCUT2D eigenvalue weighted by molar-refractivity contribution is 6.30. The molecule has 0 radical (unpaired) electrons. The first kappa shape index (κ1) is 19.6.